The second-order valence-electron chi connectivity index (χ2n) is 11.2. The number of carbonyl (C=O) groups is 1. The number of ether oxygens (including phenoxy) is 2. The molecule has 1 aliphatic heterocycles. The molecule has 1 saturated heterocycles. The minimum Gasteiger partial charge on any atom is -0.437 e. The van der Waals surface area contributed by atoms with Crippen molar-refractivity contribution in [1.82, 2.24) is 19.8 Å². The van der Waals surface area contributed by atoms with Crippen LogP contribution in [-0.2, 0) is 14.8 Å². The Labute approximate surface area is 239 Å². The van der Waals surface area contributed by atoms with Crippen molar-refractivity contribution in [1.29, 1.82) is 0 Å². The zero-order valence-corrected chi connectivity index (χ0v) is 24.8. The highest BCUT2D eigenvalue weighted by Gasteiger charge is 2.30. The molecule has 1 aromatic heterocycles. The van der Waals surface area contributed by atoms with Crippen LogP contribution in [0.15, 0.2) is 41.3 Å². The molecule has 0 saturated carbocycles. The molecule has 13 heteroatoms. The molecule has 0 unspecified atom stereocenters. The maximum atomic E-state index is 13.4. The minimum absolute atomic E-state index is 0.0701. The molecule has 220 valence electrons. The summed E-state index contributed by atoms with van der Waals surface area (Å²) in [4.78, 5) is 23.7. The Balaban J connectivity index is 1.84. The first-order valence-electron chi connectivity index (χ1n) is 13.2. The SMILES string of the molecule is Cc1ccc(C)c(-n2nc(C(=O)NC[C@@H]3CCCO3)c(C)c2Oc2ccc([N+](=O)[O-])cc2S(=O)(=O)NC(C)(C)C)c1. The second-order valence-corrected chi connectivity index (χ2v) is 12.8. The van der Waals surface area contributed by atoms with Gasteiger partial charge in [-0.3, -0.25) is 14.9 Å². The van der Waals surface area contributed by atoms with Gasteiger partial charge in [0.05, 0.1) is 16.7 Å². The molecule has 1 amide bonds. The first kappa shape index (κ1) is 30.2. The summed E-state index contributed by atoms with van der Waals surface area (Å²) in [5, 5.41) is 19.0. The van der Waals surface area contributed by atoms with Crippen LogP contribution in [0.25, 0.3) is 5.69 Å². The number of hydrogen-bond donors (Lipinski definition) is 2. The van der Waals surface area contributed by atoms with E-state index in [-0.39, 0.29) is 23.4 Å². The van der Waals surface area contributed by atoms with E-state index in [0.29, 0.717) is 24.4 Å². The predicted molar refractivity (Wildman–Crippen MR) is 152 cm³/mol. The summed E-state index contributed by atoms with van der Waals surface area (Å²) in [6.45, 7) is 11.4. The summed E-state index contributed by atoms with van der Waals surface area (Å²) in [6.07, 6.45) is 1.72. The van der Waals surface area contributed by atoms with Gasteiger partial charge in [0.1, 0.15) is 10.6 Å². The largest absolute Gasteiger partial charge is 0.437 e. The van der Waals surface area contributed by atoms with Crippen molar-refractivity contribution in [2.45, 2.75) is 70.9 Å². The molecule has 41 heavy (non-hydrogen) atoms. The first-order chi connectivity index (χ1) is 19.2. The van der Waals surface area contributed by atoms with Crippen LogP contribution in [0.1, 0.15) is 60.8 Å². The van der Waals surface area contributed by atoms with Crippen LogP contribution in [0.2, 0.25) is 0 Å². The Kier molecular flexibility index (Phi) is 8.52. The summed E-state index contributed by atoms with van der Waals surface area (Å²) >= 11 is 0. The number of nitrogens with one attached hydrogen (secondary N) is 2. The number of non-ortho nitro benzene ring substituents is 1. The van der Waals surface area contributed by atoms with E-state index in [9.17, 15) is 23.3 Å². The number of benzene rings is 2. The van der Waals surface area contributed by atoms with Crippen molar-refractivity contribution in [3.05, 3.63) is 68.9 Å². The number of amides is 1. The van der Waals surface area contributed by atoms with Crippen LogP contribution < -0.4 is 14.8 Å². The lowest BCUT2D eigenvalue weighted by atomic mass is 10.1. The van der Waals surface area contributed by atoms with E-state index in [0.717, 1.165) is 36.1 Å². The normalized spacial score (nSPS) is 15.6. The standard InChI is InChI=1S/C28H35N5O7S/c1-17-9-10-18(2)22(14-17)32-27(19(3)25(30-32)26(34)29-16-21-8-7-13-39-21)40-23-12-11-20(33(35)36)15-24(23)41(37,38)31-28(4,5)6/h9-12,14-15,21,31H,7-8,13,16H2,1-6H3,(H,29,34)/t21-/m0/s1. The molecule has 2 aromatic carbocycles. The Bertz CT molecular complexity index is 1590. The Morgan fingerprint density at radius 2 is 1.93 bits per heavy atom. The maximum absolute atomic E-state index is 13.4. The van der Waals surface area contributed by atoms with Crippen LogP contribution in [0.5, 0.6) is 11.6 Å². The lowest BCUT2D eigenvalue weighted by molar-refractivity contribution is -0.385. The van der Waals surface area contributed by atoms with Gasteiger partial charge in [-0.25, -0.2) is 13.1 Å². The Morgan fingerprint density at radius 1 is 1.20 bits per heavy atom. The van der Waals surface area contributed by atoms with Crippen molar-refractivity contribution in [3.63, 3.8) is 0 Å². The number of hydrogen-bond acceptors (Lipinski definition) is 8. The third kappa shape index (κ3) is 6.92. The zero-order chi connectivity index (χ0) is 30.1. The second kappa shape index (κ2) is 11.6. The Morgan fingerprint density at radius 3 is 2.56 bits per heavy atom. The van der Waals surface area contributed by atoms with Gasteiger partial charge < -0.3 is 14.8 Å². The van der Waals surface area contributed by atoms with Gasteiger partial charge in [-0.1, -0.05) is 12.1 Å². The summed E-state index contributed by atoms with van der Waals surface area (Å²) in [5.74, 6) is -0.493. The number of aromatic nitrogens is 2. The van der Waals surface area contributed by atoms with E-state index in [1.165, 1.54) is 10.7 Å². The lowest BCUT2D eigenvalue weighted by Crippen LogP contribution is -2.40. The molecular formula is C28H35N5O7S. The highest BCUT2D eigenvalue weighted by Crippen LogP contribution is 2.36. The highest BCUT2D eigenvalue weighted by molar-refractivity contribution is 7.89. The van der Waals surface area contributed by atoms with Crippen LogP contribution in [0.4, 0.5) is 5.69 Å². The van der Waals surface area contributed by atoms with E-state index < -0.39 is 37.0 Å². The highest BCUT2D eigenvalue weighted by atomic mass is 32.2. The van der Waals surface area contributed by atoms with Crippen molar-refractivity contribution in [3.8, 4) is 17.3 Å². The Hall–Kier alpha value is -3.81. The number of aryl methyl sites for hydroxylation is 2. The minimum atomic E-state index is -4.26. The monoisotopic (exact) mass is 585 g/mol. The summed E-state index contributed by atoms with van der Waals surface area (Å²) in [5.41, 5.74) is 1.56. The average molecular weight is 586 g/mol. The number of nitrogens with zero attached hydrogens (tertiary/aromatic N) is 3. The van der Waals surface area contributed by atoms with E-state index in [4.69, 9.17) is 9.47 Å². The van der Waals surface area contributed by atoms with Crippen molar-refractivity contribution < 1.29 is 27.6 Å². The van der Waals surface area contributed by atoms with Crippen LogP contribution in [0.3, 0.4) is 0 Å². The molecule has 4 rings (SSSR count). The van der Waals surface area contributed by atoms with Crippen molar-refractivity contribution in [2.75, 3.05) is 13.2 Å². The average Bonchev–Trinajstić information content (AvgIpc) is 3.51. The van der Waals surface area contributed by atoms with Crippen LogP contribution >= 0.6 is 0 Å². The third-order valence-electron chi connectivity index (χ3n) is 6.47. The smallest absolute Gasteiger partial charge is 0.272 e. The van der Waals surface area contributed by atoms with Crippen molar-refractivity contribution in [2.24, 2.45) is 0 Å². The topological polar surface area (TPSA) is 155 Å². The van der Waals surface area contributed by atoms with Gasteiger partial charge in [0.2, 0.25) is 15.9 Å². The van der Waals surface area contributed by atoms with E-state index in [1.807, 2.05) is 32.0 Å². The third-order valence-corrected chi connectivity index (χ3v) is 8.24. The molecule has 3 aromatic rings. The van der Waals surface area contributed by atoms with Gasteiger partial charge in [0, 0.05) is 36.4 Å². The zero-order valence-electron chi connectivity index (χ0n) is 24.0. The first-order valence-corrected chi connectivity index (χ1v) is 14.7. The molecule has 2 N–H and O–H groups in total. The molecule has 1 atom stereocenters. The molecule has 12 nitrogen and oxygen atoms in total. The van der Waals surface area contributed by atoms with Gasteiger partial charge in [0.25, 0.3) is 11.6 Å². The van der Waals surface area contributed by atoms with Gasteiger partial charge in [-0.15, -0.1) is 0 Å². The van der Waals surface area contributed by atoms with E-state index >= 15 is 0 Å². The number of sulfonamides is 1. The molecule has 0 aliphatic carbocycles. The fourth-order valence-corrected chi connectivity index (χ4v) is 6.06. The summed E-state index contributed by atoms with van der Waals surface area (Å²) in [6, 6.07) is 9.05. The number of nitro groups is 1. The van der Waals surface area contributed by atoms with Crippen molar-refractivity contribution >= 4 is 21.6 Å². The van der Waals surface area contributed by atoms with Crippen LogP contribution in [0, 0.1) is 30.9 Å². The number of carbonyl (C=O) groups excluding carboxylic acids is 1. The molecular weight excluding hydrogens is 550 g/mol. The number of nitro benzene ring substituents is 1. The molecule has 0 spiro atoms. The summed E-state index contributed by atoms with van der Waals surface area (Å²) < 4.78 is 42.6. The predicted octanol–water partition coefficient (Wildman–Crippen LogP) is 4.48. The molecule has 0 bridgehead atoms. The molecule has 0 radical (unpaired) electrons. The van der Waals surface area contributed by atoms with E-state index in [2.05, 4.69) is 15.1 Å². The fraction of sp³-hybridized carbons (Fsp3) is 0.429. The molecule has 2 heterocycles. The van der Waals surface area contributed by atoms with Gasteiger partial charge in [0.15, 0.2) is 5.69 Å². The maximum Gasteiger partial charge on any atom is 0.272 e. The van der Waals surface area contributed by atoms with Gasteiger partial charge >= 0.3 is 0 Å². The number of rotatable bonds is 9. The molecule has 1 fully saturated rings. The molecule has 1 aliphatic rings. The quantitative estimate of drug-likeness (QED) is 0.275. The summed E-state index contributed by atoms with van der Waals surface area (Å²) in [7, 11) is -4.26. The fourth-order valence-electron chi connectivity index (χ4n) is 4.49. The lowest BCUT2D eigenvalue weighted by Gasteiger charge is -2.21. The van der Waals surface area contributed by atoms with E-state index in [1.54, 1.807) is 27.7 Å². The van der Waals surface area contributed by atoms with Crippen LogP contribution in [-0.4, -0.2) is 53.8 Å². The van der Waals surface area contributed by atoms with Gasteiger partial charge in [-0.05, 0) is 77.6 Å². The van der Waals surface area contributed by atoms with Gasteiger partial charge in [-0.2, -0.15) is 9.78 Å².